The number of anilines is 1. The van der Waals surface area contributed by atoms with E-state index in [1.54, 1.807) is 11.3 Å². The van der Waals surface area contributed by atoms with E-state index in [0.29, 0.717) is 13.0 Å². The van der Waals surface area contributed by atoms with Crippen LogP contribution in [0.15, 0.2) is 66.7 Å². The summed E-state index contributed by atoms with van der Waals surface area (Å²) >= 11 is 1.59. The molecule has 4 rings (SSSR count). The number of nitrogens with zero attached hydrogens (tertiary/aromatic N) is 2. The number of hydrogen-bond donors (Lipinski definition) is 0. The van der Waals surface area contributed by atoms with Crippen LogP contribution < -0.4 is 4.90 Å². The van der Waals surface area contributed by atoms with Gasteiger partial charge in [-0.2, -0.15) is 0 Å². The smallest absolute Gasteiger partial charge is 0.233 e. The van der Waals surface area contributed by atoms with Crippen molar-refractivity contribution in [1.82, 2.24) is 4.98 Å². The minimum Gasteiger partial charge on any atom is -0.283 e. The highest BCUT2D eigenvalue weighted by Gasteiger charge is 2.21. The van der Waals surface area contributed by atoms with Crippen LogP contribution in [0.4, 0.5) is 5.13 Å². The third kappa shape index (κ3) is 4.38. The van der Waals surface area contributed by atoms with Gasteiger partial charge in [0, 0.05) is 0 Å². The van der Waals surface area contributed by atoms with Gasteiger partial charge in [0.2, 0.25) is 5.91 Å². The van der Waals surface area contributed by atoms with E-state index in [9.17, 15) is 4.79 Å². The molecule has 0 aliphatic heterocycles. The fourth-order valence-electron chi connectivity index (χ4n) is 3.59. The van der Waals surface area contributed by atoms with Crippen LogP contribution in [0.25, 0.3) is 10.2 Å². The number of fused-ring (bicyclic) bond motifs is 1. The number of carbonyl (C=O) groups excluding carboxylic acids is 1. The van der Waals surface area contributed by atoms with Gasteiger partial charge in [-0.25, -0.2) is 4.98 Å². The van der Waals surface area contributed by atoms with Crippen LogP contribution in [0.5, 0.6) is 0 Å². The highest BCUT2D eigenvalue weighted by molar-refractivity contribution is 7.22. The van der Waals surface area contributed by atoms with Crippen LogP contribution >= 0.6 is 11.3 Å². The molecule has 0 bridgehead atoms. The predicted molar refractivity (Wildman–Crippen MR) is 122 cm³/mol. The molecule has 0 atom stereocenters. The van der Waals surface area contributed by atoms with Gasteiger partial charge in [0.1, 0.15) is 0 Å². The van der Waals surface area contributed by atoms with E-state index in [1.807, 2.05) is 48.2 Å². The molecule has 0 fully saturated rings. The van der Waals surface area contributed by atoms with Gasteiger partial charge < -0.3 is 0 Å². The van der Waals surface area contributed by atoms with E-state index < -0.39 is 0 Å². The Balaban J connectivity index is 1.72. The summed E-state index contributed by atoms with van der Waals surface area (Å²) in [5, 5.41) is 0.759. The summed E-state index contributed by atoms with van der Waals surface area (Å²) < 4.78 is 1.12. The molecule has 0 aliphatic rings. The molecule has 0 radical (unpaired) electrons. The molecule has 1 heterocycles. The second-order valence-corrected chi connectivity index (χ2v) is 8.57. The number of benzene rings is 3. The van der Waals surface area contributed by atoms with Gasteiger partial charge in [-0.15, -0.1) is 0 Å². The summed E-state index contributed by atoms with van der Waals surface area (Å²) in [6, 6.07) is 22.5. The Labute approximate surface area is 175 Å². The minimum absolute atomic E-state index is 0.0629. The minimum atomic E-state index is 0.0629. The lowest BCUT2D eigenvalue weighted by atomic mass is 10.1. The lowest BCUT2D eigenvalue weighted by molar-refractivity contribution is -0.118. The van der Waals surface area contributed by atoms with Gasteiger partial charge in [-0.05, 0) is 49.1 Å². The highest BCUT2D eigenvalue weighted by Crippen LogP contribution is 2.32. The number of rotatable bonds is 5. The third-order valence-corrected chi connectivity index (χ3v) is 6.00. The SMILES string of the molecule is Cc1cccc(CC(=O)N(Cc2ccccc2)c2nc3c(C)cc(C)cc3s2)c1. The van der Waals surface area contributed by atoms with Crippen LogP contribution in [0.3, 0.4) is 0 Å². The van der Waals surface area contributed by atoms with Gasteiger partial charge in [0.15, 0.2) is 5.13 Å². The Morgan fingerprint density at radius 2 is 1.66 bits per heavy atom. The summed E-state index contributed by atoms with van der Waals surface area (Å²) in [6.45, 7) is 6.74. The molecule has 4 aromatic rings. The number of thiazole rings is 1. The van der Waals surface area contributed by atoms with Crippen LogP contribution in [0.1, 0.15) is 27.8 Å². The maximum absolute atomic E-state index is 13.4. The van der Waals surface area contributed by atoms with Gasteiger partial charge in [-0.3, -0.25) is 9.69 Å². The quantitative estimate of drug-likeness (QED) is 0.412. The largest absolute Gasteiger partial charge is 0.283 e. The zero-order valence-corrected chi connectivity index (χ0v) is 17.8. The second-order valence-electron chi connectivity index (χ2n) is 7.56. The lowest BCUT2D eigenvalue weighted by Crippen LogP contribution is -2.31. The van der Waals surface area contributed by atoms with Crippen LogP contribution in [0, 0.1) is 20.8 Å². The highest BCUT2D eigenvalue weighted by atomic mass is 32.1. The molecule has 0 saturated carbocycles. The second kappa shape index (κ2) is 8.18. The fourth-order valence-corrected chi connectivity index (χ4v) is 4.75. The summed E-state index contributed by atoms with van der Waals surface area (Å²) in [6.07, 6.45) is 0.364. The van der Waals surface area contributed by atoms with E-state index >= 15 is 0 Å². The first-order valence-corrected chi connectivity index (χ1v) is 10.6. The molecule has 0 unspecified atom stereocenters. The summed E-state index contributed by atoms with van der Waals surface area (Å²) in [5.41, 5.74) is 6.63. The molecule has 29 heavy (non-hydrogen) atoms. The Hall–Kier alpha value is -2.98. The molecule has 0 aliphatic carbocycles. The van der Waals surface area contributed by atoms with Crippen molar-refractivity contribution in [3.05, 3.63) is 94.5 Å². The average Bonchev–Trinajstić information content (AvgIpc) is 3.11. The van der Waals surface area contributed by atoms with Crippen molar-refractivity contribution in [2.45, 2.75) is 33.7 Å². The average molecular weight is 401 g/mol. The summed E-state index contributed by atoms with van der Waals surface area (Å²) in [7, 11) is 0. The molecule has 1 aromatic heterocycles. The van der Waals surface area contributed by atoms with Gasteiger partial charge in [-0.1, -0.05) is 77.6 Å². The normalized spacial score (nSPS) is 11.0. The summed E-state index contributed by atoms with van der Waals surface area (Å²) in [4.78, 5) is 20.0. The number of aromatic nitrogens is 1. The zero-order valence-electron chi connectivity index (χ0n) is 17.0. The first-order chi connectivity index (χ1) is 14.0. The van der Waals surface area contributed by atoms with E-state index in [1.165, 1.54) is 5.56 Å². The lowest BCUT2D eigenvalue weighted by Gasteiger charge is -2.20. The molecule has 146 valence electrons. The summed E-state index contributed by atoms with van der Waals surface area (Å²) in [5.74, 6) is 0.0629. The van der Waals surface area contributed by atoms with E-state index in [2.05, 4.69) is 44.2 Å². The monoisotopic (exact) mass is 400 g/mol. The van der Waals surface area contributed by atoms with Crippen LogP contribution in [-0.4, -0.2) is 10.9 Å². The molecule has 0 spiro atoms. The number of amides is 1. The first kappa shape index (κ1) is 19.3. The van der Waals surface area contributed by atoms with E-state index in [-0.39, 0.29) is 5.91 Å². The van der Waals surface area contributed by atoms with Crippen molar-refractivity contribution in [2.75, 3.05) is 4.90 Å². The number of aryl methyl sites for hydroxylation is 3. The number of hydrogen-bond acceptors (Lipinski definition) is 3. The molecule has 0 saturated heterocycles. The van der Waals surface area contributed by atoms with Crippen molar-refractivity contribution in [2.24, 2.45) is 0 Å². The van der Waals surface area contributed by atoms with Crippen LogP contribution in [-0.2, 0) is 17.8 Å². The third-order valence-electron chi connectivity index (χ3n) is 4.97. The Kier molecular flexibility index (Phi) is 5.45. The van der Waals surface area contributed by atoms with Crippen molar-refractivity contribution < 1.29 is 4.79 Å². The first-order valence-electron chi connectivity index (χ1n) is 9.77. The van der Waals surface area contributed by atoms with Crippen molar-refractivity contribution in [1.29, 1.82) is 0 Å². The molecule has 3 aromatic carbocycles. The number of carbonyl (C=O) groups is 1. The van der Waals surface area contributed by atoms with Gasteiger partial charge >= 0.3 is 0 Å². The van der Waals surface area contributed by atoms with E-state index in [4.69, 9.17) is 4.98 Å². The zero-order chi connectivity index (χ0) is 20.4. The maximum atomic E-state index is 13.4. The Morgan fingerprint density at radius 1 is 0.897 bits per heavy atom. The van der Waals surface area contributed by atoms with Crippen molar-refractivity contribution in [3.8, 4) is 0 Å². The molecule has 3 nitrogen and oxygen atoms in total. The molecular formula is C25H24N2OS. The van der Waals surface area contributed by atoms with Crippen molar-refractivity contribution >= 4 is 32.6 Å². The standard InChI is InChI=1S/C25H24N2OS/c1-17-8-7-11-21(13-17)15-23(28)27(16-20-9-5-4-6-10-20)25-26-24-19(3)12-18(2)14-22(24)29-25/h4-14H,15-16H2,1-3H3. The maximum Gasteiger partial charge on any atom is 0.233 e. The van der Waals surface area contributed by atoms with E-state index in [0.717, 1.165) is 37.6 Å². The molecule has 1 amide bonds. The Bertz CT molecular complexity index is 1160. The predicted octanol–water partition coefficient (Wildman–Crippen LogP) is 6.00. The van der Waals surface area contributed by atoms with Gasteiger partial charge in [0.25, 0.3) is 0 Å². The van der Waals surface area contributed by atoms with Crippen LogP contribution in [0.2, 0.25) is 0 Å². The van der Waals surface area contributed by atoms with Crippen molar-refractivity contribution in [3.63, 3.8) is 0 Å². The topological polar surface area (TPSA) is 33.2 Å². The molecular weight excluding hydrogens is 376 g/mol. The van der Waals surface area contributed by atoms with Gasteiger partial charge in [0.05, 0.1) is 23.2 Å². The molecule has 0 N–H and O–H groups in total. The Morgan fingerprint density at radius 3 is 2.41 bits per heavy atom. The molecule has 4 heteroatoms. The fraction of sp³-hybridized carbons (Fsp3) is 0.200.